The Labute approximate surface area is 119 Å². The summed E-state index contributed by atoms with van der Waals surface area (Å²) in [5.74, 6) is -1.55. The van der Waals surface area contributed by atoms with Crippen molar-refractivity contribution in [2.75, 3.05) is 5.32 Å². The fourth-order valence-corrected chi connectivity index (χ4v) is 1.77. The molecule has 0 saturated heterocycles. The molecule has 0 atom stereocenters. The predicted molar refractivity (Wildman–Crippen MR) is 73.8 cm³/mol. The number of hydrogen-bond acceptors (Lipinski definition) is 4. The highest BCUT2D eigenvalue weighted by atomic mass is 19.1. The lowest BCUT2D eigenvalue weighted by Crippen LogP contribution is -2.05. The first-order chi connectivity index (χ1) is 9.97. The maximum atomic E-state index is 12.8. The highest BCUT2D eigenvalue weighted by Crippen LogP contribution is 2.26. The molecule has 0 heterocycles. The van der Waals surface area contributed by atoms with Crippen LogP contribution >= 0.6 is 0 Å². The van der Waals surface area contributed by atoms with E-state index in [1.165, 1.54) is 36.4 Å². The number of carboxylic acid groups (broad SMARTS) is 1. The van der Waals surface area contributed by atoms with Gasteiger partial charge in [0, 0.05) is 12.6 Å². The molecular formula is C14H11FN2O4. The molecule has 2 N–H and O–H groups in total. The smallest absolute Gasteiger partial charge is 0.335 e. The maximum absolute atomic E-state index is 12.8. The first kappa shape index (κ1) is 14.4. The molecule has 0 saturated carbocycles. The van der Waals surface area contributed by atoms with Crippen molar-refractivity contribution < 1.29 is 19.2 Å². The second-order valence-corrected chi connectivity index (χ2v) is 4.27. The SMILES string of the molecule is O=C(O)c1ccc([N+](=O)[O-])c(NCc2ccc(F)cc2)c1. The van der Waals surface area contributed by atoms with Crippen LogP contribution in [0.4, 0.5) is 15.8 Å². The van der Waals surface area contributed by atoms with E-state index in [4.69, 9.17) is 5.11 Å². The Balaban J connectivity index is 2.24. The zero-order valence-corrected chi connectivity index (χ0v) is 10.7. The first-order valence-electron chi connectivity index (χ1n) is 5.97. The predicted octanol–water partition coefficient (Wildman–Crippen LogP) is 3.04. The van der Waals surface area contributed by atoms with Crippen LogP contribution in [0.5, 0.6) is 0 Å². The number of nitro groups is 1. The van der Waals surface area contributed by atoms with E-state index in [0.29, 0.717) is 5.56 Å². The van der Waals surface area contributed by atoms with Crippen LogP contribution in [0.2, 0.25) is 0 Å². The number of nitrogens with zero attached hydrogens (tertiary/aromatic N) is 1. The Morgan fingerprint density at radius 2 is 1.90 bits per heavy atom. The zero-order valence-electron chi connectivity index (χ0n) is 10.7. The highest BCUT2D eigenvalue weighted by Gasteiger charge is 2.16. The molecule has 108 valence electrons. The van der Waals surface area contributed by atoms with Gasteiger partial charge in [0.1, 0.15) is 11.5 Å². The van der Waals surface area contributed by atoms with Crippen LogP contribution in [0.3, 0.4) is 0 Å². The van der Waals surface area contributed by atoms with E-state index in [9.17, 15) is 19.3 Å². The molecule has 0 aromatic heterocycles. The lowest BCUT2D eigenvalue weighted by molar-refractivity contribution is -0.384. The van der Waals surface area contributed by atoms with Crippen LogP contribution < -0.4 is 5.32 Å². The van der Waals surface area contributed by atoms with Gasteiger partial charge in [-0.2, -0.15) is 0 Å². The summed E-state index contributed by atoms with van der Waals surface area (Å²) in [7, 11) is 0. The summed E-state index contributed by atoms with van der Waals surface area (Å²) >= 11 is 0. The standard InChI is InChI=1S/C14H11FN2O4/c15-11-4-1-9(2-5-11)8-16-12-7-10(14(18)19)3-6-13(12)17(20)21/h1-7,16H,8H2,(H,18,19). The summed E-state index contributed by atoms with van der Waals surface area (Å²) in [6, 6.07) is 9.13. The summed E-state index contributed by atoms with van der Waals surface area (Å²) in [6.07, 6.45) is 0. The van der Waals surface area contributed by atoms with Crippen molar-refractivity contribution in [1.82, 2.24) is 0 Å². The van der Waals surface area contributed by atoms with Crippen LogP contribution in [0.15, 0.2) is 42.5 Å². The minimum atomic E-state index is -1.17. The number of anilines is 1. The summed E-state index contributed by atoms with van der Waals surface area (Å²) in [5.41, 5.74) is 0.542. The Morgan fingerprint density at radius 3 is 2.48 bits per heavy atom. The largest absolute Gasteiger partial charge is 0.478 e. The van der Waals surface area contributed by atoms with E-state index < -0.39 is 10.9 Å². The zero-order chi connectivity index (χ0) is 15.4. The van der Waals surface area contributed by atoms with E-state index in [-0.39, 0.29) is 29.3 Å². The van der Waals surface area contributed by atoms with E-state index in [1.807, 2.05) is 0 Å². The van der Waals surface area contributed by atoms with Crippen LogP contribution in [0.1, 0.15) is 15.9 Å². The molecule has 0 aliphatic carbocycles. The molecule has 0 aliphatic rings. The molecule has 0 unspecified atom stereocenters. The van der Waals surface area contributed by atoms with Crippen molar-refractivity contribution in [3.05, 3.63) is 69.5 Å². The third-order valence-electron chi connectivity index (χ3n) is 2.84. The summed E-state index contributed by atoms with van der Waals surface area (Å²) in [4.78, 5) is 21.2. The van der Waals surface area contributed by atoms with Crippen LogP contribution in [0.25, 0.3) is 0 Å². The van der Waals surface area contributed by atoms with Gasteiger partial charge in [0.2, 0.25) is 0 Å². The van der Waals surface area contributed by atoms with Gasteiger partial charge in [0.25, 0.3) is 5.69 Å². The van der Waals surface area contributed by atoms with Crippen LogP contribution in [-0.2, 0) is 6.54 Å². The van der Waals surface area contributed by atoms with Gasteiger partial charge < -0.3 is 10.4 Å². The van der Waals surface area contributed by atoms with Crippen molar-refractivity contribution in [2.45, 2.75) is 6.54 Å². The highest BCUT2D eigenvalue weighted by molar-refractivity contribution is 5.90. The van der Waals surface area contributed by atoms with Crippen molar-refractivity contribution in [3.63, 3.8) is 0 Å². The molecule has 0 radical (unpaired) electrons. The van der Waals surface area contributed by atoms with Crippen molar-refractivity contribution in [2.24, 2.45) is 0 Å². The monoisotopic (exact) mass is 290 g/mol. The number of nitrogens with one attached hydrogen (secondary N) is 1. The summed E-state index contributed by atoms with van der Waals surface area (Å²) in [5, 5.41) is 22.6. The Hall–Kier alpha value is -2.96. The molecule has 0 spiro atoms. The topological polar surface area (TPSA) is 92.5 Å². The Bertz CT molecular complexity index is 686. The van der Waals surface area contributed by atoms with Gasteiger partial charge in [-0.1, -0.05) is 12.1 Å². The molecule has 0 aliphatic heterocycles. The molecule has 2 rings (SSSR count). The van der Waals surface area contributed by atoms with Gasteiger partial charge in [-0.15, -0.1) is 0 Å². The van der Waals surface area contributed by atoms with Crippen molar-refractivity contribution >= 4 is 17.3 Å². The Kier molecular flexibility index (Phi) is 4.13. The lowest BCUT2D eigenvalue weighted by Gasteiger charge is -2.08. The quantitative estimate of drug-likeness (QED) is 0.652. The Morgan fingerprint density at radius 1 is 1.24 bits per heavy atom. The summed E-state index contributed by atoms with van der Waals surface area (Å²) < 4.78 is 12.8. The summed E-state index contributed by atoms with van der Waals surface area (Å²) in [6.45, 7) is 0.212. The number of carbonyl (C=O) groups is 1. The first-order valence-corrected chi connectivity index (χ1v) is 5.97. The second-order valence-electron chi connectivity index (χ2n) is 4.27. The van der Waals surface area contributed by atoms with Crippen molar-refractivity contribution in [3.8, 4) is 0 Å². The average molecular weight is 290 g/mol. The molecule has 7 heteroatoms. The van der Waals surface area contributed by atoms with E-state index >= 15 is 0 Å². The molecule has 2 aromatic rings. The van der Waals surface area contributed by atoms with E-state index in [0.717, 1.165) is 6.07 Å². The van der Waals surface area contributed by atoms with Crippen LogP contribution in [-0.4, -0.2) is 16.0 Å². The number of rotatable bonds is 5. The second kappa shape index (κ2) is 6.00. The average Bonchev–Trinajstić information content (AvgIpc) is 2.46. The third kappa shape index (κ3) is 3.53. The fraction of sp³-hybridized carbons (Fsp3) is 0.0714. The molecule has 0 fully saturated rings. The number of nitro benzene ring substituents is 1. The third-order valence-corrected chi connectivity index (χ3v) is 2.84. The van der Waals surface area contributed by atoms with Gasteiger partial charge in [-0.05, 0) is 29.8 Å². The number of carboxylic acids is 1. The van der Waals surface area contributed by atoms with Crippen LogP contribution in [0, 0.1) is 15.9 Å². The van der Waals surface area contributed by atoms with Gasteiger partial charge in [-0.3, -0.25) is 10.1 Å². The molecule has 21 heavy (non-hydrogen) atoms. The normalized spacial score (nSPS) is 10.1. The molecule has 2 aromatic carbocycles. The van der Waals surface area contributed by atoms with E-state index in [2.05, 4.69) is 5.32 Å². The number of aromatic carboxylic acids is 1. The molecule has 0 amide bonds. The minimum absolute atomic E-state index is 0.0535. The van der Waals surface area contributed by atoms with E-state index in [1.54, 1.807) is 0 Å². The number of hydrogen-bond donors (Lipinski definition) is 2. The van der Waals surface area contributed by atoms with Gasteiger partial charge in [0.15, 0.2) is 0 Å². The number of benzene rings is 2. The maximum Gasteiger partial charge on any atom is 0.335 e. The lowest BCUT2D eigenvalue weighted by atomic mass is 10.1. The van der Waals surface area contributed by atoms with Gasteiger partial charge in [0.05, 0.1) is 10.5 Å². The molecule has 0 bridgehead atoms. The van der Waals surface area contributed by atoms with Gasteiger partial charge in [-0.25, -0.2) is 9.18 Å². The molecular weight excluding hydrogens is 279 g/mol. The van der Waals surface area contributed by atoms with Gasteiger partial charge >= 0.3 is 5.97 Å². The van der Waals surface area contributed by atoms with Crippen molar-refractivity contribution in [1.29, 1.82) is 0 Å². The molecule has 6 nitrogen and oxygen atoms in total. The minimum Gasteiger partial charge on any atom is -0.478 e. The number of halogens is 1. The fourth-order valence-electron chi connectivity index (χ4n) is 1.77.